The molecule has 2 saturated heterocycles. The van der Waals surface area contributed by atoms with Gasteiger partial charge in [-0.3, -0.25) is 4.79 Å². The van der Waals surface area contributed by atoms with E-state index in [0.717, 1.165) is 31.6 Å². The van der Waals surface area contributed by atoms with Gasteiger partial charge in [-0.1, -0.05) is 12.1 Å². The lowest BCUT2D eigenvalue weighted by Gasteiger charge is -2.26. The maximum Gasteiger partial charge on any atom is 0.243 e. The number of rotatable bonds is 8. The van der Waals surface area contributed by atoms with Gasteiger partial charge < -0.3 is 15.4 Å². The smallest absolute Gasteiger partial charge is 0.243 e. The summed E-state index contributed by atoms with van der Waals surface area (Å²) in [6.07, 6.45) is 3.23. The predicted molar refractivity (Wildman–Crippen MR) is 110 cm³/mol. The molecule has 2 fully saturated rings. The van der Waals surface area contributed by atoms with Gasteiger partial charge in [0.1, 0.15) is 0 Å². The van der Waals surface area contributed by atoms with Crippen LogP contribution in [0.4, 0.5) is 0 Å². The molecule has 0 radical (unpaired) electrons. The number of ether oxygens (including phenoxy) is 1. The van der Waals surface area contributed by atoms with Crippen LogP contribution in [0.5, 0.6) is 0 Å². The van der Waals surface area contributed by atoms with Gasteiger partial charge in [0.05, 0.1) is 18.1 Å². The summed E-state index contributed by atoms with van der Waals surface area (Å²) >= 11 is 0. The first-order chi connectivity index (χ1) is 13.1. The van der Waals surface area contributed by atoms with E-state index in [1.165, 1.54) is 10.7 Å². The molecule has 7 nitrogen and oxygen atoms in total. The first-order valence-corrected chi connectivity index (χ1v) is 11.1. The summed E-state index contributed by atoms with van der Waals surface area (Å²) in [6, 6.07) is 6.85. The molecule has 1 unspecified atom stereocenters. The number of morpholine rings is 1. The quantitative estimate of drug-likeness (QED) is 0.645. The minimum absolute atomic E-state index is 0. The third kappa shape index (κ3) is 6.42. The van der Waals surface area contributed by atoms with Crippen LogP contribution >= 0.6 is 12.4 Å². The summed E-state index contributed by atoms with van der Waals surface area (Å²) < 4.78 is 31.9. The van der Waals surface area contributed by atoms with E-state index in [-0.39, 0.29) is 18.3 Å². The van der Waals surface area contributed by atoms with E-state index < -0.39 is 10.0 Å². The normalized spacial score (nSPS) is 20.5. The number of sulfonamides is 1. The molecule has 0 saturated carbocycles. The third-order valence-corrected chi connectivity index (χ3v) is 7.12. The van der Waals surface area contributed by atoms with Crippen LogP contribution in [-0.4, -0.2) is 64.6 Å². The highest BCUT2D eigenvalue weighted by atomic mass is 35.5. The minimum atomic E-state index is -3.46. The van der Waals surface area contributed by atoms with Gasteiger partial charge in [0.15, 0.2) is 0 Å². The molecule has 1 aromatic carbocycles. The van der Waals surface area contributed by atoms with Crippen LogP contribution in [-0.2, 0) is 26.0 Å². The zero-order chi connectivity index (χ0) is 19.1. The summed E-state index contributed by atoms with van der Waals surface area (Å²) in [5.74, 6) is 0.720. The number of carbonyl (C=O) groups excluding carboxylic acids is 1. The number of carbonyl (C=O) groups is 1. The zero-order valence-electron chi connectivity index (χ0n) is 16.1. The van der Waals surface area contributed by atoms with Crippen LogP contribution in [0.2, 0.25) is 0 Å². The Hall–Kier alpha value is -1.19. The summed E-state index contributed by atoms with van der Waals surface area (Å²) in [5.41, 5.74) is 0.964. The molecule has 1 amide bonds. The number of benzene rings is 1. The van der Waals surface area contributed by atoms with E-state index in [1.807, 2.05) is 0 Å². The molecule has 158 valence electrons. The molecule has 0 aliphatic carbocycles. The molecular formula is C19H30ClN3O4S. The molecule has 3 rings (SSSR count). The van der Waals surface area contributed by atoms with Crippen LogP contribution in [0.3, 0.4) is 0 Å². The number of hydrogen-bond donors (Lipinski definition) is 2. The Morgan fingerprint density at radius 2 is 1.93 bits per heavy atom. The van der Waals surface area contributed by atoms with Crippen molar-refractivity contribution in [3.05, 3.63) is 29.8 Å². The maximum atomic E-state index is 12.6. The number of halogens is 1. The third-order valence-electron chi connectivity index (χ3n) is 5.21. The number of hydrogen-bond acceptors (Lipinski definition) is 5. The van der Waals surface area contributed by atoms with E-state index in [0.29, 0.717) is 50.0 Å². The summed E-state index contributed by atoms with van der Waals surface area (Å²) in [7, 11) is -3.46. The molecule has 0 bridgehead atoms. The zero-order valence-corrected chi connectivity index (χ0v) is 17.7. The van der Waals surface area contributed by atoms with Gasteiger partial charge in [-0.05, 0) is 56.0 Å². The maximum absolute atomic E-state index is 12.6. The molecule has 0 spiro atoms. The van der Waals surface area contributed by atoms with Crippen LogP contribution in [0.25, 0.3) is 0 Å². The van der Waals surface area contributed by atoms with Crippen LogP contribution in [0, 0.1) is 5.92 Å². The molecule has 2 aliphatic heterocycles. The van der Waals surface area contributed by atoms with Gasteiger partial charge in [-0.2, -0.15) is 4.31 Å². The standard InChI is InChI=1S/C19H29N3O4S.ClH/c23-19(21-10-8-17-7-9-20-15-17)6-3-16-1-4-18(5-2-16)27(24,25)22-11-13-26-14-12-22;/h1-2,4-5,17,20H,3,6-15H2,(H,21,23);1H. The fraction of sp³-hybridized carbons (Fsp3) is 0.632. The second-order valence-electron chi connectivity index (χ2n) is 7.16. The Morgan fingerprint density at radius 1 is 1.21 bits per heavy atom. The van der Waals surface area contributed by atoms with Crippen molar-refractivity contribution < 1.29 is 17.9 Å². The van der Waals surface area contributed by atoms with E-state index in [4.69, 9.17) is 4.74 Å². The molecule has 1 aromatic rings. The first-order valence-electron chi connectivity index (χ1n) is 9.70. The molecular weight excluding hydrogens is 402 g/mol. The highest BCUT2D eigenvalue weighted by Crippen LogP contribution is 2.18. The molecule has 28 heavy (non-hydrogen) atoms. The van der Waals surface area contributed by atoms with E-state index >= 15 is 0 Å². The SMILES string of the molecule is Cl.O=C(CCc1ccc(S(=O)(=O)N2CCOCC2)cc1)NCCC1CCNC1. The van der Waals surface area contributed by atoms with Crippen LogP contribution < -0.4 is 10.6 Å². The highest BCUT2D eigenvalue weighted by Gasteiger charge is 2.26. The van der Waals surface area contributed by atoms with Crippen LogP contribution in [0.1, 0.15) is 24.8 Å². The van der Waals surface area contributed by atoms with Gasteiger partial charge >= 0.3 is 0 Å². The molecule has 2 N–H and O–H groups in total. The Labute approximate surface area is 173 Å². The van der Waals surface area contributed by atoms with Crippen molar-refractivity contribution in [3.63, 3.8) is 0 Å². The highest BCUT2D eigenvalue weighted by molar-refractivity contribution is 7.89. The van der Waals surface area contributed by atoms with Gasteiger partial charge in [0, 0.05) is 26.1 Å². The van der Waals surface area contributed by atoms with Crippen molar-refractivity contribution in [2.45, 2.75) is 30.6 Å². The van der Waals surface area contributed by atoms with Crippen molar-refractivity contribution in [2.24, 2.45) is 5.92 Å². The van der Waals surface area contributed by atoms with Gasteiger partial charge in [-0.15, -0.1) is 12.4 Å². The molecule has 1 atom stereocenters. The molecule has 9 heteroatoms. The fourth-order valence-electron chi connectivity index (χ4n) is 3.49. The predicted octanol–water partition coefficient (Wildman–Crippen LogP) is 1.18. The fourth-order valence-corrected chi connectivity index (χ4v) is 4.89. The van der Waals surface area contributed by atoms with Gasteiger partial charge in [0.2, 0.25) is 15.9 Å². The monoisotopic (exact) mass is 431 g/mol. The summed E-state index contributed by atoms with van der Waals surface area (Å²) in [6.45, 7) is 4.50. The van der Waals surface area contributed by atoms with Crippen LogP contribution in [0.15, 0.2) is 29.2 Å². The lowest BCUT2D eigenvalue weighted by atomic mass is 10.1. The van der Waals surface area contributed by atoms with Crippen molar-refractivity contribution in [2.75, 3.05) is 45.9 Å². The van der Waals surface area contributed by atoms with Crippen molar-refractivity contribution in [3.8, 4) is 0 Å². The molecule has 2 aliphatic rings. The molecule has 2 heterocycles. The average molecular weight is 432 g/mol. The van der Waals surface area contributed by atoms with Crippen molar-refractivity contribution in [1.29, 1.82) is 0 Å². The Bertz CT molecular complexity index is 715. The Morgan fingerprint density at radius 3 is 2.57 bits per heavy atom. The summed E-state index contributed by atoms with van der Waals surface area (Å²) in [4.78, 5) is 12.3. The Balaban J connectivity index is 0.00000280. The second kappa shape index (κ2) is 11.1. The van der Waals surface area contributed by atoms with Gasteiger partial charge in [-0.25, -0.2) is 8.42 Å². The van der Waals surface area contributed by atoms with Gasteiger partial charge in [0.25, 0.3) is 0 Å². The number of amides is 1. The van der Waals surface area contributed by atoms with Crippen molar-refractivity contribution >= 4 is 28.3 Å². The number of nitrogens with zero attached hydrogens (tertiary/aromatic N) is 1. The second-order valence-corrected chi connectivity index (χ2v) is 9.10. The molecule has 0 aromatic heterocycles. The number of nitrogens with one attached hydrogen (secondary N) is 2. The minimum Gasteiger partial charge on any atom is -0.379 e. The van der Waals surface area contributed by atoms with Crippen molar-refractivity contribution in [1.82, 2.24) is 14.9 Å². The van der Waals surface area contributed by atoms with E-state index in [1.54, 1.807) is 24.3 Å². The topological polar surface area (TPSA) is 87.7 Å². The summed E-state index contributed by atoms with van der Waals surface area (Å²) in [5, 5.41) is 6.31. The Kier molecular flexibility index (Phi) is 9.17. The lowest BCUT2D eigenvalue weighted by molar-refractivity contribution is -0.121. The van der Waals surface area contributed by atoms with E-state index in [9.17, 15) is 13.2 Å². The number of aryl methyl sites for hydroxylation is 1. The average Bonchev–Trinajstić information content (AvgIpc) is 3.21. The van der Waals surface area contributed by atoms with E-state index in [2.05, 4.69) is 10.6 Å². The lowest BCUT2D eigenvalue weighted by Crippen LogP contribution is -2.40. The largest absolute Gasteiger partial charge is 0.379 e. The first kappa shape index (κ1) is 23.1.